The van der Waals surface area contributed by atoms with Gasteiger partial charge in [0.05, 0.1) is 29.2 Å². The van der Waals surface area contributed by atoms with Crippen LogP contribution < -0.4 is 11.1 Å². The van der Waals surface area contributed by atoms with Crippen molar-refractivity contribution in [2.45, 2.75) is 38.3 Å². The summed E-state index contributed by atoms with van der Waals surface area (Å²) in [5.41, 5.74) is 14.1. The molecule has 1 unspecified atom stereocenters. The van der Waals surface area contributed by atoms with Crippen molar-refractivity contribution in [3.63, 3.8) is 0 Å². The van der Waals surface area contributed by atoms with E-state index in [2.05, 4.69) is 60.6 Å². The predicted octanol–water partition coefficient (Wildman–Crippen LogP) is 5.47. The first kappa shape index (κ1) is 38.5. The molecular formula is C39H43BrCl2N8O3. The van der Waals surface area contributed by atoms with Crippen LogP contribution in [0.25, 0.3) is 0 Å². The molecule has 0 saturated carbocycles. The zero-order valence-electron chi connectivity index (χ0n) is 29.7. The predicted molar refractivity (Wildman–Crippen MR) is 211 cm³/mol. The van der Waals surface area contributed by atoms with E-state index in [-0.39, 0.29) is 11.8 Å². The van der Waals surface area contributed by atoms with Gasteiger partial charge in [0.15, 0.2) is 0 Å². The maximum Gasteiger partial charge on any atom is 0.254 e. The number of halogens is 3. The van der Waals surface area contributed by atoms with Crippen LogP contribution in [0.1, 0.15) is 54.1 Å². The quantitative estimate of drug-likeness (QED) is 0.207. The summed E-state index contributed by atoms with van der Waals surface area (Å²) >= 11 is 15.7. The second-order valence-corrected chi connectivity index (χ2v) is 15.3. The number of anilines is 1. The molecule has 0 aliphatic carbocycles. The van der Waals surface area contributed by atoms with Crippen LogP contribution in [0.2, 0.25) is 10.0 Å². The first-order chi connectivity index (χ1) is 25.4. The van der Waals surface area contributed by atoms with Gasteiger partial charge in [-0.25, -0.2) is 0 Å². The number of aliphatic hydroxyl groups is 1. The van der Waals surface area contributed by atoms with Gasteiger partial charge in [-0.3, -0.25) is 23.9 Å². The number of hydrogen-bond acceptors (Lipinski definition) is 7. The maximum atomic E-state index is 13.3. The van der Waals surface area contributed by atoms with Crippen molar-refractivity contribution in [3.05, 3.63) is 132 Å². The van der Waals surface area contributed by atoms with Gasteiger partial charge in [-0.2, -0.15) is 10.2 Å². The first-order valence-corrected chi connectivity index (χ1v) is 19.0. The minimum Gasteiger partial charge on any atom is -0.396 e. The molecule has 5 heterocycles. The van der Waals surface area contributed by atoms with E-state index in [4.69, 9.17) is 28.9 Å². The zero-order chi connectivity index (χ0) is 37.6. The van der Waals surface area contributed by atoms with Crippen LogP contribution in [0.4, 0.5) is 5.69 Å². The normalized spacial score (nSPS) is 15.5. The Hall–Kier alpha value is -4.20. The molecule has 3 aliphatic rings. The molecule has 8 rings (SSSR count). The van der Waals surface area contributed by atoms with Crippen molar-refractivity contribution in [1.29, 1.82) is 0 Å². The Balaban J connectivity index is 0.000000195. The summed E-state index contributed by atoms with van der Waals surface area (Å²) in [6, 6.07) is 16.0. The van der Waals surface area contributed by atoms with Crippen LogP contribution in [-0.4, -0.2) is 85.1 Å². The SMILES string of the molecule is Cn1cc(Cc2cc3c(cc2Cl)CCN(CC(O)CN2CCc4ccccc4C2)C3=O)cn1.Cn1cc(N)cn1.O=C1NCCc2cc(Cl)c(Br)cc21. The molecule has 1 atom stereocenters. The number of nitrogens with one attached hydrogen (secondary N) is 1. The number of aromatic nitrogens is 4. The number of fused-ring (bicyclic) bond motifs is 3. The molecule has 4 N–H and O–H groups in total. The number of rotatable bonds is 6. The monoisotopic (exact) mass is 820 g/mol. The molecule has 0 bridgehead atoms. The molecule has 2 amide bonds. The van der Waals surface area contributed by atoms with Gasteiger partial charge >= 0.3 is 0 Å². The summed E-state index contributed by atoms with van der Waals surface area (Å²) in [6.45, 7) is 3.99. The summed E-state index contributed by atoms with van der Waals surface area (Å²) in [6.07, 6.45) is 9.79. The molecule has 278 valence electrons. The Morgan fingerprint density at radius 1 is 0.868 bits per heavy atom. The average molecular weight is 823 g/mol. The fraction of sp³-hybridized carbons (Fsp3) is 0.333. The lowest BCUT2D eigenvalue weighted by Gasteiger charge is -2.34. The molecule has 0 fully saturated rings. The third-order valence-electron chi connectivity index (χ3n) is 9.50. The molecule has 3 aromatic carbocycles. The van der Waals surface area contributed by atoms with Crippen LogP contribution in [0.3, 0.4) is 0 Å². The number of aliphatic hydroxyl groups excluding tert-OH is 1. The summed E-state index contributed by atoms with van der Waals surface area (Å²) in [7, 11) is 3.71. The number of β-amino-alcohol motifs (C(OH)–C–C–N with tert-alkyl or cyclic N) is 1. The zero-order valence-corrected chi connectivity index (χ0v) is 32.8. The molecule has 5 aromatic rings. The van der Waals surface area contributed by atoms with Gasteiger partial charge in [0.25, 0.3) is 11.8 Å². The van der Waals surface area contributed by atoms with E-state index in [1.807, 2.05) is 44.7 Å². The fourth-order valence-electron chi connectivity index (χ4n) is 6.86. The van der Waals surface area contributed by atoms with Crippen molar-refractivity contribution < 1.29 is 14.7 Å². The lowest BCUT2D eigenvalue weighted by molar-refractivity contribution is 0.0492. The minimum atomic E-state index is -0.581. The molecule has 0 radical (unpaired) electrons. The second-order valence-electron chi connectivity index (χ2n) is 13.6. The van der Waals surface area contributed by atoms with Crippen molar-refractivity contribution in [2.75, 3.05) is 38.5 Å². The molecule has 53 heavy (non-hydrogen) atoms. The Labute approximate surface area is 327 Å². The first-order valence-electron chi connectivity index (χ1n) is 17.5. The molecule has 0 saturated heterocycles. The summed E-state index contributed by atoms with van der Waals surface area (Å²) in [5.74, 6) is -0.0398. The standard InChI is InChI=1S/C26H29ClN4O2.C9H7BrClNO.C4H7N3/c1-29-14-18(13-28-29)10-22-11-24-20(12-25(22)27)7-9-31(26(24)33)17-23(32)16-30-8-6-19-4-2-3-5-21(19)15-30;10-7-4-6-5(3-8(7)11)1-2-12-9(6)13;1-7-3-4(5)2-6-7/h2-5,11-14,23,32H,6-10,15-17H2,1H3;3-4H,1-2H2,(H,12,13);2-3H,5H2,1H3. The summed E-state index contributed by atoms with van der Waals surface area (Å²) in [5, 5.41) is 22.9. The van der Waals surface area contributed by atoms with Crippen LogP contribution in [0.15, 0.2) is 77.8 Å². The summed E-state index contributed by atoms with van der Waals surface area (Å²) in [4.78, 5) is 28.7. The van der Waals surface area contributed by atoms with Crippen molar-refractivity contribution in [3.8, 4) is 0 Å². The number of amides is 2. The van der Waals surface area contributed by atoms with Crippen LogP contribution >= 0.6 is 39.1 Å². The van der Waals surface area contributed by atoms with E-state index < -0.39 is 6.10 Å². The highest BCUT2D eigenvalue weighted by molar-refractivity contribution is 9.10. The van der Waals surface area contributed by atoms with E-state index in [9.17, 15) is 14.7 Å². The number of hydrogen-bond donors (Lipinski definition) is 3. The Kier molecular flexibility index (Phi) is 12.6. The highest BCUT2D eigenvalue weighted by Gasteiger charge is 2.28. The van der Waals surface area contributed by atoms with Crippen LogP contribution in [0, 0.1) is 0 Å². The minimum absolute atomic E-state index is 0.0152. The van der Waals surface area contributed by atoms with Crippen molar-refractivity contribution in [2.24, 2.45) is 14.1 Å². The van der Waals surface area contributed by atoms with E-state index >= 15 is 0 Å². The molecule has 11 nitrogen and oxygen atoms in total. The highest BCUT2D eigenvalue weighted by Crippen LogP contribution is 2.29. The Morgan fingerprint density at radius 3 is 2.26 bits per heavy atom. The fourth-order valence-corrected chi connectivity index (χ4v) is 7.64. The number of carbonyl (C=O) groups is 2. The summed E-state index contributed by atoms with van der Waals surface area (Å²) < 4.78 is 4.19. The lowest BCUT2D eigenvalue weighted by atomic mass is 9.94. The number of aryl methyl sites for hydroxylation is 2. The van der Waals surface area contributed by atoms with Crippen LogP contribution in [0.5, 0.6) is 0 Å². The van der Waals surface area contributed by atoms with Gasteiger partial charge in [0.1, 0.15) is 0 Å². The Bertz CT molecular complexity index is 2080. The number of nitrogen functional groups attached to an aromatic ring is 1. The number of nitrogens with zero attached hydrogens (tertiary/aromatic N) is 6. The van der Waals surface area contributed by atoms with Gasteiger partial charge in [0, 0.05) is 92.8 Å². The van der Waals surface area contributed by atoms with Crippen molar-refractivity contribution in [1.82, 2.24) is 34.7 Å². The molecule has 3 aliphatic heterocycles. The van der Waals surface area contributed by atoms with E-state index in [0.29, 0.717) is 53.9 Å². The second kappa shape index (κ2) is 17.3. The topological polar surface area (TPSA) is 135 Å². The Morgan fingerprint density at radius 2 is 1.57 bits per heavy atom. The molecule has 2 aromatic heterocycles. The smallest absolute Gasteiger partial charge is 0.254 e. The van der Waals surface area contributed by atoms with Gasteiger partial charge in [-0.15, -0.1) is 0 Å². The largest absolute Gasteiger partial charge is 0.396 e. The van der Waals surface area contributed by atoms with Gasteiger partial charge in [-0.05, 0) is 92.8 Å². The third-order valence-corrected chi connectivity index (χ3v) is 11.0. The highest BCUT2D eigenvalue weighted by atomic mass is 79.9. The van der Waals surface area contributed by atoms with Gasteiger partial charge in [0.2, 0.25) is 0 Å². The van der Waals surface area contributed by atoms with Crippen LogP contribution in [-0.2, 0) is 46.3 Å². The van der Waals surface area contributed by atoms with Gasteiger partial charge < -0.3 is 21.1 Å². The molecular weight excluding hydrogens is 779 g/mol. The van der Waals surface area contributed by atoms with Crippen molar-refractivity contribution >= 4 is 56.6 Å². The number of nitrogens with two attached hydrogens (primary N) is 1. The lowest BCUT2D eigenvalue weighted by Crippen LogP contribution is -2.46. The maximum absolute atomic E-state index is 13.3. The third kappa shape index (κ3) is 9.87. The van der Waals surface area contributed by atoms with E-state index in [1.54, 1.807) is 32.7 Å². The molecule has 0 spiro atoms. The molecule has 14 heteroatoms. The van der Waals surface area contributed by atoms with Gasteiger partial charge in [-0.1, -0.05) is 47.5 Å². The average Bonchev–Trinajstić information content (AvgIpc) is 3.73. The van der Waals surface area contributed by atoms with E-state index in [0.717, 1.165) is 64.6 Å². The number of benzene rings is 3. The van der Waals surface area contributed by atoms with E-state index in [1.165, 1.54) is 11.1 Å². The number of carbonyl (C=O) groups excluding carboxylic acids is 2.